The smallest absolute Gasteiger partial charge is 0.297 e. The number of nitro groups is 1. The van der Waals surface area contributed by atoms with Gasteiger partial charge in [-0.2, -0.15) is 11.8 Å². The molecule has 2 heterocycles. The van der Waals surface area contributed by atoms with Gasteiger partial charge >= 0.3 is 0 Å². The lowest BCUT2D eigenvalue weighted by atomic mass is 9.91. The van der Waals surface area contributed by atoms with Crippen molar-refractivity contribution >= 4 is 23.4 Å². The van der Waals surface area contributed by atoms with Crippen LogP contribution in [0, 0.1) is 10.1 Å². The summed E-state index contributed by atoms with van der Waals surface area (Å²) in [7, 11) is 3.14. The van der Waals surface area contributed by atoms with Crippen LogP contribution in [-0.4, -0.2) is 64.9 Å². The molecule has 0 radical (unpaired) electrons. The van der Waals surface area contributed by atoms with E-state index in [0.717, 1.165) is 30.1 Å². The first-order chi connectivity index (χ1) is 15.5. The van der Waals surface area contributed by atoms with Crippen molar-refractivity contribution in [2.45, 2.75) is 44.8 Å². The third-order valence-corrected chi connectivity index (χ3v) is 6.59. The standard InChI is InChI=1S/C23H32N4O5S/c1-23(2,3)20-17(15-33-13-12-25-10-6-7-11-25)22(29)26(32-20)18-9-8-16(21(28)24(4)5)14-19(18)27(30)31/h8-9,14H,6-7,10-13,15H2,1-5H3. The fourth-order valence-electron chi connectivity index (χ4n) is 3.89. The minimum absolute atomic E-state index is 0.0131. The van der Waals surface area contributed by atoms with Crippen LogP contribution >= 0.6 is 11.8 Å². The second-order valence-electron chi connectivity index (χ2n) is 9.51. The zero-order chi connectivity index (χ0) is 24.3. The van der Waals surface area contributed by atoms with Crippen LogP contribution in [0.1, 0.15) is 55.3 Å². The Hall–Kier alpha value is -2.59. The summed E-state index contributed by atoms with van der Waals surface area (Å²) in [4.78, 5) is 40.6. The van der Waals surface area contributed by atoms with Gasteiger partial charge in [-0.15, -0.1) is 4.74 Å². The number of carbonyl (C=O) groups is 1. The van der Waals surface area contributed by atoms with Crippen molar-refractivity contribution in [3.05, 3.63) is 55.6 Å². The molecule has 1 fully saturated rings. The number of hydrogen-bond donors (Lipinski definition) is 0. The minimum Gasteiger partial charge on any atom is -0.375 e. The van der Waals surface area contributed by atoms with Crippen LogP contribution in [0.25, 0.3) is 5.69 Å². The summed E-state index contributed by atoms with van der Waals surface area (Å²) in [5, 5.41) is 11.8. The lowest BCUT2D eigenvalue weighted by Crippen LogP contribution is -2.23. The molecule has 1 aliphatic heterocycles. The van der Waals surface area contributed by atoms with Gasteiger partial charge < -0.3 is 14.3 Å². The Balaban J connectivity index is 1.95. The maximum absolute atomic E-state index is 13.3. The average Bonchev–Trinajstić information content (AvgIpc) is 3.38. The van der Waals surface area contributed by atoms with Gasteiger partial charge in [-0.05, 0) is 38.1 Å². The highest BCUT2D eigenvalue weighted by molar-refractivity contribution is 7.98. The van der Waals surface area contributed by atoms with Crippen LogP contribution in [0.5, 0.6) is 0 Å². The summed E-state index contributed by atoms with van der Waals surface area (Å²) >= 11 is 1.67. The lowest BCUT2D eigenvalue weighted by Gasteiger charge is -2.16. The Morgan fingerprint density at radius 3 is 2.48 bits per heavy atom. The molecule has 0 atom stereocenters. The predicted molar refractivity (Wildman–Crippen MR) is 130 cm³/mol. The van der Waals surface area contributed by atoms with Crippen molar-refractivity contribution in [2.24, 2.45) is 0 Å². The van der Waals surface area contributed by atoms with Crippen LogP contribution in [0.2, 0.25) is 0 Å². The number of likely N-dealkylation sites (tertiary alicyclic amines) is 1. The molecule has 0 saturated carbocycles. The average molecular weight is 477 g/mol. The first-order valence-corrected chi connectivity index (χ1v) is 12.2. The van der Waals surface area contributed by atoms with E-state index in [0.29, 0.717) is 17.1 Å². The topological polar surface area (TPSA) is 102 Å². The van der Waals surface area contributed by atoms with E-state index in [1.165, 1.54) is 35.9 Å². The van der Waals surface area contributed by atoms with Crippen LogP contribution in [-0.2, 0) is 11.2 Å². The van der Waals surface area contributed by atoms with Gasteiger partial charge in [-0.1, -0.05) is 20.8 Å². The Morgan fingerprint density at radius 1 is 1.24 bits per heavy atom. The maximum atomic E-state index is 13.3. The molecule has 10 heteroatoms. The number of rotatable bonds is 8. The maximum Gasteiger partial charge on any atom is 0.297 e. The van der Waals surface area contributed by atoms with E-state index >= 15 is 0 Å². The van der Waals surface area contributed by atoms with Crippen LogP contribution < -0.4 is 5.56 Å². The van der Waals surface area contributed by atoms with Crippen LogP contribution in [0.15, 0.2) is 27.5 Å². The number of nitro benzene ring substituents is 1. The van der Waals surface area contributed by atoms with E-state index in [9.17, 15) is 19.7 Å². The second-order valence-corrected chi connectivity index (χ2v) is 10.6. The molecule has 1 aromatic heterocycles. The van der Waals surface area contributed by atoms with Gasteiger partial charge in [0.05, 0.1) is 10.5 Å². The summed E-state index contributed by atoms with van der Waals surface area (Å²) in [6, 6.07) is 4.06. The molecule has 1 saturated heterocycles. The van der Waals surface area contributed by atoms with Gasteiger partial charge in [0.2, 0.25) is 0 Å². The van der Waals surface area contributed by atoms with Gasteiger partial charge in [0.15, 0.2) is 5.69 Å². The summed E-state index contributed by atoms with van der Waals surface area (Å²) in [6.45, 7) is 9.07. The molecule has 1 aliphatic rings. The Bertz CT molecular complexity index is 1080. The van der Waals surface area contributed by atoms with E-state index in [-0.39, 0.29) is 22.8 Å². The van der Waals surface area contributed by atoms with Crippen LogP contribution in [0.3, 0.4) is 0 Å². The zero-order valence-electron chi connectivity index (χ0n) is 19.9. The van der Waals surface area contributed by atoms with Crippen molar-refractivity contribution < 1.29 is 14.2 Å². The van der Waals surface area contributed by atoms with Crippen LogP contribution in [0.4, 0.5) is 5.69 Å². The first kappa shape index (κ1) is 25.0. The van der Waals surface area contributed by atoms with Gasteiger partial charge in [-0.3, -0.25) is 19.7 Å². The molecule has 180 valence electrons. The second kappa shape index (κ2) is 10.1. The number of hydrogen-bond acceptors (Lipinski definition) is 7. The first-order valence-electron chi connectivity index (χ1n) is 11.1. The highest BCUT2D eigenvalue weighted by Gasteiger charge is 2.30. The van der Waals surface area contributed by atoms with E-state index in [4.69, 9.17) is 4.52 Å². The molecule has 2 aromatic rings. The highest BCUT2D eigenvalue weighted by Crippen LogP contribution is 2.31. The van der Waals surface area contributed by atoms with Gasteiger partial charge in [-0.25, -0.2) is 0 Å². The SMILES string of the molecule is CN(C)C(=O)c1ccc(-n2oc(C(C)(C)C)c(CSCCN3CCCC3)c2=O)c([N+](=O)[O-])c1. The molecule has 1 aromatic carbocycles. The summed E-state index contributed by atoms with van der Waals surface area (Å²) in [5.41, 5.74) is -0.500. The molecule has 33 heavy (non-hydrogen) atoms. The molecule has 1 amide bonds. The van der Waals surface area contributed by atoms with Crippen molar-refractivity contribution in [1.82, 2.24) is 14.5 Å². The molecule has 0 spiro atoms. The van der Waals surface area contributed by atoms with E-state index < -0.39 is 15.9 Å². The number of aromatic nitrogens is 1. The molecular weight excluding hydrogens is 444 g/mol. The fraction of sp³-hybridized carbons (Fsp3) is 0.565. The van der Waals surface area contributed by atoms with Crippen molar-refractivity contribution in [2.75, 3.05) is 39.5 Å². The molecule has 0 bridgehead atoms. The van der Waals surface area contributed by atoms with E-state index in [1.807, 2.05) is 20.8 Å². The summed E-state index contributed by atoms with van der Waals surface area (Å²) in [5.74, 6) is 1.53. The molecule has 0 N–H and O–H groups in total. The Labute approximate surface area is 197 Å². The minimum atomic E-state index is -0.599. The van der Waals surface area contributed by atoms with Gasteiger partial charge in [0.25, 0.3) is 17.2 Å². The molecule has 9 nitrogen and oxygen atoms in total. The third-order valence-electron chi connectivity index (χ3n) is 5.62. The highest BCUT2D eigenvalue weighted by atomic mass is 32.2. The quantitative estimate of drug-likeness (QED) is 0.325. The molecular formula is C23H32N4O5S. The third kappa shape index (κ3) is 5.67. The lowest BCUT2D eigenvalue weighted by molar-refractivity contribution is -0.384. The number of carbonyl (C=O) groups excluding carboxylic acids is 1. The number of benzene rings is 1. The van der Waals surface area contributed by atoms with Gasteiger partial charge in [0.1, 0.15) is 5.76 Å². The van der Waals surface area contributed by atoms with E-state index in [1.54, 1.807) is 25.9 Å². The summed E-state index contributed by atoms with van der Waals surface area (Å²) in [6.07, 6.45) is 2.48. The Morgan fingerprint density at radius 2 is 1.91 bits per heavy atom. The van der Waals surface area contributed by atoms with Crippen molar-refractivity contribution in [1.29, 1.82) is 0 Å². The van der Waals surface area contributed by atoms with Crippen molar-refractivity contribution in [3.8, 4) is 5.69 Å². The number of thioether (sulfide) groups is 1. The normalized spacial score (nSPS) is 14.6. The van der Waals surface area contributed by atoms with E-state index in [2.05, 4.69) is 4.90 Å². The number of nitrogens with zero attached hydrogens (tertiary/aromatic N) is 4. The Kier molecular flexibility index (Phi) is 7.69. The molecule has 0 aliphatic carbocycles. The van der Waals surface area contributed by atoms with Crippen molar-refractivity contribution in [3.63, 3.8) is 0 Å². The summed E-state index contributed by atoms with van der Waals surface area (Å²) < 4.78 is 6.94. The monoisotopic (exact) mass is 476 g/mol. The predicted octanol–water partition coefficient (Wildman–Crippen LogP) is 3.67. The largest absolute Gasteiger partial charge is 0.375 e. The molecule has 0 unspecified atom stereocenters. The number of amides is 1. The fourth-order valence-corrected chi connectivity index (χ4v) is 4.88. The zero-order valence-corrected chi connectivity index (χ0v) is 20.7. The molecule has 3 rings (SSSR count). The van der Waals surface area contributed by atoms with Gasteiger partial charge in [0, 0.05) is 49.2 Å².